The van der Waals surface area contributed by atoms with Crippen LogP contribution in [0.25, 0.3) is 0 Å². The number of hydrogen-bond donors (Lipinski definition) is 0. The summed E-state index contributed by atoms with van der Waals surface area (Å²) in [5, 5.41) is 0. The van der Waals surface area contributed by atoms with Crippen LogP contribution >= 0.6 is 11.6 Å². The minimum Gasteiger partial charge on any atom is -0.376 e. The summed E-state index contributed by atoms with van der Waals surface area (Å²) in [6.45, 7) is 4.37. The predicted molar refractivity (Wildman–Crippen MR) is 61.2 cm³/mol. The van der Waals surface area contributed by atoms with Gasteiger partial charge in [-0.3, -0.25) is 4.79 Å². The average molecular weight is 234 g/mol. The van der Waals surface area contributed by atoms with Crippen molar-refractivity contribution in [3.63, 3.8) is 0 Å². The molecule has 0 aromatic heterocycles. The zero-order chi connectivity index (χ0) is 11.1. The van der Waals surface area contributed by atoms with Gasteiger partial charge in [0.1, 0.15) is 0 Å². The standard InChI is InChI=1S/C11H20ClNO2/c1-2-13(11(14)6-3-7-12)9-10-5-4-8-15-10/h10H,2-9H2,1H3. The first-order valence-electron chi connectivity index (χ1n) is 5.73. The molecular weight excluding hydrogens is 214 g/mol. The number of carbonyl (C=O) groups excluding carboxylic acids is 1. The molecule has 0 radical (unpaired) electrons. The van der Waals surface area contributed by atoms with E-state index in [-0.39, 0.29) is 12.0 Å². The van der Waals surface area contributed by atoms with Gasteiger partial charge in [-0.1, -0.05) is 0 Å². The molecule has 1 heterocycles. The first kappa shape index (κ1) is 12.8. The van der Waals surface area contributed by atoms with E-state index < -0.39 is 0 Å². The number of hydrogen-bond acceptors (Lipinski definition) is 2. The Balaban J connectivity index is 2.29. The number of alkyl halides is 1. The largest absolute Gasteiger partial charge is 0.376 e. The molecule has 0 aliphatic carbocycles. The Bertz CT molecular complexity index is 193. The van der Waals surface area contributed by atoms with Crippen LogP contribution in [0.2, 0.25) is 0 Å². The van der Waals surface area contributed by atoms with Crippen molar-refractivity contribution >= 4 is 17.5 Å². The maximum atomic E-state index is 11.7. The third-order valence-electron chi connectivity index (χ3n) is 2.71. The van der Waals surface area contributed by atoms with Gasteiger partial charge in [-0.25, -0.2) is 0 Å². The van der Waals surface area contributed by atoms with Crippen LogP contribution in [0.5, 0.6) is 0 Å². The highest BCUT2D eigenvalue weighted by molar-refractivity contribution is 6.17. The van der Waals surface area contributed by atoms with Gasteiger partial charge < -0.3 is 9.64 Å². The highest BCUT2D eigenvalue weighted by Crippen LogP contribution is 2.14. The van der Waals surface area contributed by atoms with Crippen molar-refractivity contribution in [2.24, 2.45) is 0 Å². The maximum absolute atomic E-state index is 11.7. The Hall–Kier alpha value is -0.280. The lowest BCUT2D eigenvalue weighted by molar-refractivity contribution is -0.132. The number of ether oxygens (including phenoxy) is 1. The van der Waals surface area contributed by atoms with Gasteiger partial charge in [-0.2, -0.15) is 0 Å². The smallest absolute Gasteiger partial charge is 0.222 e. The number of halogens is 1. The Labute approximate surface area is 96.7 Å². The third-order valence-corrected chi connectivity index (χ3v) is 2.97. The number of likely N-dealkylation sites (N-methyl/N-ethyl adjacent to an activating group) is 1. The summed E-state index contributed by atoms with van der Waals surface area (Å²) in [4.78, 5) is 13.6. The van der Waals surface area contributed by atoms with Gasteiger partial charge in [-0.05, 0) is 26.2 Å². The second kappa shape index (κ2) is 7.07. The molecule has 0 bridgehead atoms. The minimum absolute atomic E-state index is 0.202. The molecule has 0 saturated carbocycles. The summed E-state index contributed by atoms with van der Waals surface area (Å²) in [6, 6.07) is 0. The molecule has 4 heteroatoms. The van der Waals surface area contributed by atoms with E-state index in [9.17, 15) is 4.79 Å². The normalized spacial score (nSPS) is 20.5. The monoisotopic (exact) mass is 233 g/mol. The molecule has 1 unspecified atom stereocenters. The van der Waals surface area contributed by atoms with E-state index in [1.807, 2.05) is 11.8 Å². The second-order valence-corrected chi connectivity index (χ2v) is 4.24. The van der Waals surface area contributed by atoms with Crippen LogP contribution in [0.1, 0.15) is 32.6 Å². The number of amides is 1. The van der Waals surface area contributed by atoms with Crippen LogP contribution in [0, 0.1) is 0 Å². The molecule has 1 amide bonds. The van der Waals surface area contributed by atoms with Crippen LogP contribution in [0.4, 0.5) is 0 Å². The fourth-order valence-electron chi connectivity index (χ4n) is 1.82. The summed E-state index contributed by atoms with van der Waals surface area (Å²) < 4.78 is 5.52. The zero-order valence-corrected chi connectivity index (χ0v) is 10.1. The van der Waals surface area contributed by atoms with E-state index in [0.29, 0.717) is 12.3 Å². The van der Waals surface area contributed by atoms with E-state index in [1.165, 1.54) is 0 Å². The predicted octanol–water partition coefficient (Wildman–Crippen LogP) is 2.03. The molecule has 3 nitrogen and oxygen atoms in total. The van der Waals surface area contributed by atoms with Gasteiger partial charge in [-0.15, -0.1) is 11.6 Å². The van der Waals surface area contributed by atoms with Gasteiger partial charge in [0.25, 0.3) is 0 Å². The van der Waals surface area contributed by atoms with Crippen molar-refractivity contribution in [3.05, 3.63) is 0 Å². The number of rotatable bonds is 6. The number of nitrogens with zero attached hydrogens (tertiary/aromatic N) is 1. The summed E-state index contributed by atoms with van der Waals surface area (Å²) in [5.74, 6) is 0.761. The van der Waals surface area contributed by atoms with E-state index in [2.05, 4.69) is 0 Å². The molecule has 0 N–H and O–H groups in total. The fraction of sp³-hybridized carbons (Fsp3) is 0.909. The van der Waals surface area contributed by atoms with Gasteiger partial charge in [0, 0.05) is 32.0 Å². The molecule has 15 heavy (non-hydrogen) atoms. The lowest BCUT2D eigenvalue weighted by Gasteiger charge is -2.23. The minimum atomic E-state index is 0.202. The first-order chi connectivity index (χ1) is 7.27. The average Bonchev–Trinajstić information content (AvgIpc) is 2.75. The van der Waals surface area contributed by atoms with Crippen molar-refractivity contribution < 1.29 is 9.53 Å². The maximum Gasteiger partial charge on any atom is 0.222 e. The van der Waals surface area contributed by atoms with Crippen LogP contribution < -0.4 is 0 Å². The van der Waals surface area contributed by atoms with Crippen LogP contribution in [-0.2, 0) is 9.53 Å². The third kappa shape index (κ3) is 4.39. The molecule has 0 aromatic carbocycles. The molecule has 1 saturated heterocycles. The Morgan fingerprint density at radius 1 is 1.60 bits per heavy atom. The molecule has 0 spiro atoms. The quantitative estimate of drug-likeness (QED) is 0.657. The summed E-state index contributed by atoms with van der Waals surface area (Å²) in [6.07, 6.45) is 3.79. The van der Waals surface area contributed by atoms with Crippen molar-refractivity contribution in [2.45, 2.75) is 38.7 Å². The Morgan fingerprint density at radius 3 is 2.93 bits per heavy atom. The fourth-order valence-corrected chi connectivity index (χ4v) is 1.95. The van der Waals surface area contributed by atoms with Crippen molar-refractivity contribution in [1.29, 1.82) is 0 Å². The highest BCUT2D eigenvalue weighted by atomic mass is 35.5. The lowest BCUT2D eigenvalue weighted by Crippen LogP contribution is -2.37. The zero-order valence-electron chi connectivity index (χ0n) is 9.38. The summed E-state index contributed by atoms with van der Waals surface area (Å²) in [7, 11) is 0. The Morgan fingerprint density at radius 2 is 2.40 bits per heavy atom. The molecule has 1 aliphatic heterocycles. The molecule has 1 rings (SSSR count). The number of carbonyl (C=O) groups is 1. The topological polar surface area (TPSA) is 29.5 Å². The first-order valence-corrected chi connectivity index (χ1v) is 6.26. The summed E-state index contributed by atoms with van der Waals surface area (Å²) >= 11 is 5.57. The van der Waals surface area contributed by atoms with Crippen molar-refractivity contribution in [2.75, 3.05) is 25.6 Å². The lowest BCUT2D eigenvalue weighted by atomic mass is 10.2. The highest BCUT2D eigenvalue weighted by Gasteiger charge is 2.20. The molecule has 1 fully saturated rings. The molecular formula is C11H20ClNO2. The van der Waals surface area contributed by atoms with Crippen LogP contribution in [-0.4, -0.2) is 42.5 Å². The van der Waals surface area contributed by atoms with E-state index >= 15 is 0 Å². The van der Waals surface area contributed by atoms with Gasteiger partial charge in [0.05, 0.1) is 6.10 Å². The van der Waals surface area contributed by atoms with Crippen molar-refractivity contribution in [3.8, 4) is 0 Å². The molecule has 88 valence electrons. The Kier molecular flexibility index (Phi) is 6.03. The van der Waals surface area contributed by atoms with Gasteiger partial charge in [0.2, 0.25) is 5.91 Å². The second-order valence-electron chi connectivity index (χ2n) is 3.86. The van der Waals surface area contributed by atoms with Crippen LogP contribution in [0.15, 0.2) is 0 Å². The molecule has 1 aliphatic rings. The van der Waals surface area contributed by atoms with Crippen molar-refractivity contribution in [1.82, 2.24) is 4.90 Å². The molecule has 0 aromatic rings. The van der Waals surface area contributed by atoms with Gasteiger partial charge in [0.15, 0.2) is 0 Å². The van der Waals surface area contributed by atoms with Crippen LogP contribution in [0.3, 0.4) is 0 Å². The summed E-state index contributed by atoms with van der Waals surface area (Å²) in [5.41, 5.74) is 0. The van der Waals surface area contributed by atoms with E-state index in [1.54, 1.807) is 0 Å². The van der Waals surface area contributed by atoms with Gasteiger partial charge >= 0.3 is 0 Å². The molecule has 1 atom stereocenters. The van der Waals surface area contributed by atoms with E-state index in [4.69, 9.17) is 16.3 Å². The SMILES string of the molecule is CCN(CC1CCCO1)C(=O)CCCCl. The van der Waals surface area contributed by atoms with E-state index in [0.717, 1.165) is 39.0 Å².